The van der Waals surface area contributed by atoms with Crippen molar-refractivity contribution in [2.75, 3.05) is 37.8 Å². The topological polar surface area (TPSA) is 133 Å². The summed E-state index contributed by atoms with van der Waals surface area (Å²) in [6.45, 7) is 3.31. The number of anilines is 2. The summed E-state index contributed by atoms with van der Waals surface area (Å²) < 4.78 is 5.19. The molecule has 3 fully saturated rings. The molecule has 3 aliphatic rings. The van der Waals surface area contributed by atoms with Gasteiger partial charge in [0.1, 0.15) is 11.5 Å². The molecule has 33 heavy (non-hydrogen) atoms. The Bertz CT molecular complexity index is 1050. The molecule has 2 aromatic carbocycles. The van der Waals surface area contributed by atoms with Crippen LogP contribution in [0.1, 0.15) is 24.0 Å². The third kappa shape index (κ3) is 5.43. The molecule has 3 saturated heterocycles. The van der Waals surface area contributed by atoms with E-state index in [9.17, 15) is 9.59 Å². The second-order valence-electron chi connectivity index (χ2n) is 8.55. The van der Waals surface area contributed by atoms with Crippen molar-refractivity contribution in [1.82, 2.24) is 15.5 Å². The van der Waals surface area contributed by atoms with Crippen LogP contribution in [0.25, 0.3) is 0 Å². The lowest BCUT2D eigenvalue weighted by atomic mass is 9.84. The first kappa shape index (κ1) is 22.6. The minimum Gasteiger partial charge on any atom is -0.497 e. The van der Waals surface area contributed by atoms with Gasteiger partial charge in [-0.05, 0) is 67.7 Å². The number of carbonyl (C=O) groups is 2. The van der Waals surface area contributed by atoms with Crippen molar-refractivity contribution in [3.05, 3.63) is 53.6 Å². The first-order chi connectivity index (χ1) is 15.9. The van der Waals surface area contributed by atoms with Gasteiger partial charge in [-0.25, -0.2) is 4.79 Å². The molecule has 3 heterocycles. The fourth-order valence-corrected chi connectivity index (χ4v) is 4.48. The zero-order valence-corrected chi connectivity index (χ0v) is 18.7. The van der Waals surface area contributed by atoms with Crippen molar-refractivity contribution in [2.24, 2.45) is 5.92 Å². The Labute approximate surface area is 193 Å². The van der Waals surface area contributed by atoms with Crippen molar-refractivity contribution >= 4 is 29.0 Å². The number of nitrogens with two attached hydrogens (primary N) is 1. The molecule has 0 radical (unpaired) electrons. The molecular weight excluding hydrogens is 420 g/mol. The average Bonchev–Trinajstić information content (AvgIpc) is 2.84. The van der Waals surface area contributed by atoms with Gasteiger partial charge in [0.05, 0.1) is 7.11 Å². The molecule has 0 aromatic heterocycles. The van der Waals surface area contributed by atoms with E-state index in [0.29, 0.717) is 35.2 Å². The molecule has 1 atom stereocenters. The number of hydrogen-bond acceptors (Lipinski definition) is 6. The average molecular weight is 451 g/mol. The van der Waals surface area contributed by atoms with Gasteiger partial charge >= 0.3 is 6.03 Å². The SMILES string of the molecule is COc1cccc(CNC(=O)Nc2ccc(N)c(C(=N)C(=O)NC3CN4CCC3CC4)c2)c1. The Kier molecular flexibility index (Phi) is 6.79. The fourth-order valence-electron chi connectivity index (χ4n) is 4.48. The molecule has 0 spiro atoms. The maximum Gasteiger partial charge on any atom is 0.319 e. The van der Waals surface area contributed by atoms with Crippen molar-refractivity contribution in [1.29, 1.82) is 5.41 Å². The van der Waals surface area contributed by atoms with Crippen molar-refractivity contribution in [2.45, 2.75) is 25.4 Å². The van der Waals surface area contributed by atoms with E-state index in [4.69, 9.17) is 15.9 Å². The highest BCUT2D eigenvalue weighted by molar-refractivity contribution is 6.45. The van der Waals surface area contributed by atoms with Gasteiger partial charge in [0.25, 0.3) is 5.91 Å². The predicted octanol–water partition coefficient (Wildman–Crippen LogP) is 2.18. The van der Waals surface area contributed by atoms with E-state index in [2.05, 4.69) is 20.9 Å². The van der Waals surface area contributed by atoms with Crippen LogP contribution in [0.15, 0.2) is 42.5 Å². The number of amides is 3. The molecule has 3 amide bonds. The van der Waals surface area contributed by atoms with Crippen LogP contribution in [0.2, 0.25) is 0 Å². The molecule has 2 bridgehead atoms. The van der Waals surface area contributed by atoms with Gasteiger partial charge in [0.15, 0.2) is 0 Å². The Balaban J connectivity index is 1.35. The summed E-state index contributed by atoms with van der Waals surface area (Å²) in [5, 5.41) is 16.9. The van der Waals surface area contributed by atoms with Crippen LogP contribution in [-0.4, -0.2) is 55.3 Å². The van der Waals surface area contributed by atoms with Crippen molar-refractivity contribution in [3.63, 3.8) is 0 Å². The monoisotopic (exact) mass is 450 g/mol. The number of nitrogens with zero attached hydrogens (tertiary/aromatic N) is 1. The first-order valence-corrected chi connectivity index (χ1v) is 11.1. The van der Waals surface area contributed by atoms with Crippen LogP contribution in [0.5, 0.6) is 5.75 Å². The largest absolute Gasteiger partial charge is 0.497 e. The molecule has 1 unspecified atom stereocenters. The number of rotatable bonds is 7. The maximum absolute atomic E-state index is 12.8. The second kappa shape index (κ2) is 9.91. The highest BCUT2D eigenvalue weighted by Gasteiger charge is 2.35. The zero-order chi connectivity index (χ0) is 23.4. The number of carbonyl (C=O) groups excluding carboxylic acids is 2. The summed E-state index contributed by atoms with van der Waals surface area (Å²) in [5.41, 5.74) is 7.79. The van der Waals surface area contributed by atoms with Gasteiger partial charge in [0, 0.05) is 36.1 Å². The highest BCUT2D eigenvalue weighted by atomic mass is 16.5. The minimum atomic E-state index is -0.444. The van der Waals surface area contributed by atoms with Gasteiger partial charge in [-0.1, -0.05) is 12.1 Å². The van der Waals surface area contributed by atoms with E-state index in [1.807, 2.05) is 24.3 Å². The molecule has 9 heteroatoms. The van der Waals surface area contributed by atoms with Crippen LogP contribution in [-0.2, 0) is 11.3 Å². The Morgan fingerprint density at radius 2 is 1.97 bits per heavy atom. The summed E-state index contributed by atoms with van der Waals surface area (Å²) in [6, 6.07) is 11.9. The van der Waals surface area contributed by atoms with Crippen molar-refractivity contribution in [3.8, 4) is 5.75 Å². The molecular formula is C24H30N6O3. The first-order valence-electron chi connectivity index (χ1n) is 11.1. The molecule has 5 rings (SSSR count). The lowest BCUT2D eigenvalue weighted by molar-refractivity contribution is -0.116. The number of nitrogen functional groups attached to an aromatic ring is 1. The predicted molar refractivity (Wildman–Crippen MR) is 128 cm³/mol. The number of methoxy groups -OCH3 is 1. The van der Waals surface area contributed by atoms with E-state index in [-0.39, 0.29) is 11.8 Å². The summed E-state index contributed by atoms with van der Waals surface area (Å²) in [6.07, 6.45) is 2.15. The number of ether oxygens (including phenoxy) is 1. The smallest absolute Gasteiger partial charge is 0.319 e. The van der Waals surface area contributed by atoms with E-state index in [1.165, 1.54) is 0 Å². The summed E-state index contributed by atoms with van der Waals surface area (Å²) in [7, 11) is 1.59. The summed E-state index contributed by atoms with van der Waals surface area (Å²) >= 11 is 0. The molecule has 0 saturated carbocycles. The van der Waals surface area contributed by atoms with Crippen LogP contribution in [0.3, 0.4) is 0 Å². The quantitative estimate of drug-likeness (QED) is 0.326. The Morgan fingerprint density at radius 3 is 2.67 bits per heavy atom. The maximum atomic E-state index is 12.8. The number of hydrogen-bond donors (Lipinski definition) is 5. The Hall–Kier alpha value is -3.59. The molecule has 6 N–H and O–H groups in total. The summed E-state index contributed by atoms with van der Waals surface area (Å²) in [5.74, 6) is 0.735. The number of urea groups is 1. The van der Waals surface area contributed by atoms with Crippen LogP contribution in [0.4, 0.5) is 16.2 Å². The highest BCUT2D eigenvalue weighted by Crippen LogP contribution is 2.27. The standard InChI is InChI=1S/C24H30N6O3/c1-33-18-4-2-3-15(11-18)13-27-24(32)28-17-5-6-20(25)19(12-17)22(26)23(31)29-21-14-30-9-7-16(21)8-10-30/h2-6,11-12,16,21,26H,7-10,13-14,25H2,1H3,(H,29,31)(H2,27,28,32). The zero-order valence-electron chi connectivity index (χ0n) is 18.7. The number of nitrogens with one attached hydrogen (secondary N) is 4. The number of benzene rings is 2. The molecule has 3 aliphatic heterocycles. The van der Waals surface area contributed by atoms with E-state index >= 15 is 0 Å². The minimum absolute atomic E-state index is 0.0604. The normalized spacial score (nSPS) is 21.2. The van der Waals surface area contributed by atoms with Gasteiger partial charge in [-0.2, -0.15) is 0 Å². The third-order valence-corrected chi connectivity index (χ3v) is 6.37. The molecule has 9 nitrogen and oxygen atoms in total. The van der Waals surface area contributed by atoms with Crippen LogP contribution in [0, 0.1) is 11.3 Å². The van der Waals surface area contributed by atoms with Crippen LogP contribution >= 0.6 is 0 Å². The number of piperidine rings is 3. The van der Waals surface area contributed by atoms with Crippen LogP contribution < -0.4 is 26.4 Å². The molecule has 0 aliphatic carbocycles. The van der Waals surface area contributed by atoms with Gasteiger partial charge in [-0.15, -0.1) is 0 Å². The third-order valence-electron chi connectivity index (χ3n) is 6.37. The number of fused-ring (bicyclic) bond motifs is 3. The lowest BCUT2D eigenvalue weighted by Crippen LogP contribution is -2.58. The van der Waals surface area contributed by atoms with E-state index in [1.54, 1.807) is 25.3 Å². The second-order valence-corrected chi connectivity index (χ2v) is 8.55. The van der Waals surface area contributed by atoms with Gasteiger partial charge in [-0.3, -0.25) is 10.2 Å². The van der Waals surface area contributed by atoms with E-state index < -0.39 is 11.9 Å². The fraction of sp³-hybridized carbons (Fsp3) is 0.375. The molecule has 174 valence electrons. The van der Waals surface area contributed by atoms with E-state index in [0.717, 1.165) is 38.0 Å². The summed E-state index contributed by atoms with van der Waals surface area (Å²) in [4.78, 5) is 27.5. The van der Waals surface area contributed by atoms with Gasteiger partial charge in [0.2, 0.25) is 0 Å². The van der Waals surface area contributed by atoms with Crippen molar-refractivity contribution < 1.29 is 14.3 Å². The lowest BCUT2D eigenvalue weighted by Gasteiger charge is -2.44. The molecule has 2 aromatic rings. The van der Waals surface area contributed by atoms with Gasteiger partial charge < -0.3 is 31.3 Å². The Morgan fingerprint density at radius 1 is 1.18 bits per heavy atom.